The summed E-state index contributed by atoms with van der Waals surface area (Å²) in [6.07, 6.45) is 1.16. The number of likely N-dealkylation sites (tertiary alicyclic amines) is 1. The first-order valence-electron chi connectivity index (χ1n) is 6.95. The summed E-state index contributed by atoms with van der Waals surface area (Å²) in [6, 6.07) is -1.77. The van der Waals surface area contributed by atoms with Gasteiger partial charge in [0.1, 0.15) is 12.1 Å². The molecule has 0 aromatic carbocycles. The van der Waals surface area contributed by atoms with Crippen LogP contribution in [0.15, 0.2) is 4.99 Å². The fourth-order valence-electron chi connectivity index (χ4n) is 2.32. The van der Waals surface area contributed by atoms with Crippen molar-refractivity contribution in [3.63, 3.8) is 0 Å². The fraction of sp³-hybridized carbons (Fsp3) is 0.667. The molecular formula is C12H22N6O4. The maximum absolute atomic E-state index is 12.5. The lowest BCUT2D eigenvalue weighted by atomic mass is 10.1. The van der Waals surface area contributed by atoms with Gasteiger partial charge in [0.15, 0.2) is 5.96 Å². The Morgan fingerprint density at radius 1 is 1.36 bits per heavy atom. The third-order valence-electron chi connectivity index (χ3n) is 3.35. The molecule has 0 saturated carbocycles. The number of carboxylic acids is 1. The Bertz CT molecular complexity index is 463. The van der Waals surface area contributed by atoms with Gasteiger partial charge in [-0.25, -0.2) is 4.79 Å². The minimum atomic E-state index is -1.06. The molecule has 1 aliphatic heterocycles. The summed E-state index contributed by atoms with van der Waals surface area (Å²) >= 11 is 0. The monoisotopic (exact) mass is 314 g/mol. The van der Waals surface area contributed by atoms with Crippen LogP contribution >= 0.6 is 0 Å². The lowest BCUT2D eigenvalue weighted by molar-refractivity contribution is -0.149. The first-order valence-corrected chi connectivity index (χ1v) is 6.95. The number of nitrogens with two attached hydrogens (primary N) is 3. The van der Waals surface area contributed by atoms with E-state index in [1.807, 2.05) is 0 Å². The Hall–Kier alpha value is -2.36. The van der Waals surface area contributed by atoms with Crippen LogP contribution < -0.4 is 22.5 Å². The van der Waals surface area contributed by atoms with Gasteiger partial charge in [-0.2, -0.15) is 0 Å². The highest BCUT2D eigenvalue weighted by Gasteiger charge is 2.37. The van der Waals surface area contributed by atoms with Gasteiger partial charge in [0.25, 0.3) is 0 Å². The van der Waals surface area contributed by atoms with Crippen molar-refractivity contribution < 1.29 is 19.5 Å². The Balaban J connectivity index is 2.79. The van der Waals surface area contributed by atoms with E-state index in [9.17, 15) is 14.4 Å². The molecule has 0 spiro atoms. The van der Waals surface area contributed by atoms with Crippen LogP contribution in [0.25, 0.3) is 0 Å². The van der Waals surface area contributed by atoms with Crippen molar-refractivity contribution in [2.24, 2.45) is 22.2 Å². The van der Waals surface area contributed by atoms with Crippen molar-refractivity contribution in [2.45, 2.75) is 31.3 Å². The molecule has 2 atom stereocenters. The molecule has 0 aliphatic carbocycles. The summed E-state index contributed by atoms with van der Waals surface area (Å²) < 4.78 is 0. The van der Waals surface area contributed by atoms with Crippen LogP contribution in [-0.2, 0) is 14.4 Å². The van der Waals surface area contributed by atoms with Crippen LogP contribution in [0.5, 0.6) is 0 Å². The smallest absolute Gasteiger partial charge is 0.326 e. The maximum Gasteiger partial charge on any atom is 0.326 e. The van der Waals surface area contributed by atoms with E-state index in [0.29, 0.717) is 19.4 Å². The number of aliphatic carboxylic acids is 1. The zero-order chi connectivity index (χ0) is 16.7. The van der Waals surface area contributed by atoms with Gasteiger partial charge in [-0.3, -0.25) is 14.6 Å². The molecule has 10 heteroatoms. The lowest BCUT2D eigenvalue weighted by Crippen LogP contribution is -2.52. The van der Waals surface area contributed by atoms with Crippen molar-refractivity contribution in [3.8, 4) is 0 Å². The maximum atomic E-state index is 12.5. The van der Waals surface area contributed by atoms with Crippen LogP contribution in [0.2, 0.25) is 0 Å². The number of amides is 2. The normalized spacial score (nSPS) is 18.6. The van der Waals surface area contributed by atoms with Crippen molar-refractivity contribution in [3.05, 3.63) is 0 Å². The zero-order valence-electron chi connectivity index (χ0n) is 12.2. The summed E-state index contributed by atoms with van der Waals surface area (Å²) in [6.45, 7) is 0.205. The van der Waals surface area contributed by atoms with Gasteiger partial charge in [-0.1, -0.05) is 0 Å². The van der Waals surface area contributed by atoms with E-state index in [1.54, 1.807) is 0 Å². The summed E-state index contributed by atoms with van der Waals surface area (Å²) in [5, 5.41) is 11.6. The predicted octanol–water partition coefficient (Wildman–Crippen LogP) is -2.83. The number of hydrogen-bond acceptors (Lipinski definition) is 5. The molecular weight excluding hydrogens is 292 g/mol. The quantitative estimate of drug-likeness (QED) is 0.248. The minimum absolute atomic E-state index is 0.124. The van der Waals surface area contributed by atoms with Gasteiger partial charge >= 0.3 is 5.97 Å². The molecule has 10 nitrogen and oxygen atoms in total. The third kappa shape index (κ3) is 4.88. The van der Waals surface area contributed by atoms with E-state index >= 15 is 0 Å². The lowest BCUT2D eigenvalue weighted by Gasteiger charge is -2.27. The number of carbonyl (C=O) groups is 3. The average molecular weight is 314 g/mol. The molecule has 22 heavy (non-hydrogen) atoms. The summed E-state index contributed by atoms with van der Waals surface area (Å²) in [5.41, 5.74) is 15.7. The van der Waals surface area contributed by atoms with Gasteiger partial charge in [-0.05, 0) is 19.3 Å². The Morgan fingerprint density at radius 3 is 2.59 bits per heavy atom. The molecule has 2 amide bonds. The summed E-state index contributed by atoms with van der Waals surface area (Å²) in [5.74, 6) is -2.15. The van der Waals surface area contributed by atoms with Crippen LogP contribution in [0.4, 0.5) is 0 Å². The first kappa shape index (κ1) is 17.7. The molecule has 1 fully saturated rings. The fourth-order valence-corrected chi connectivity index (χ4v) is 2.32. The molecule has 8 N–H and O–H groups in total. The number of carbonyl (C=O) groups excluding carboxylic acids is 2. The van der Waals surface area contributed by atoms with E-state index in [-0.39, 0.29) is 25.5 Å². The van der Waals surface area contributed by atoms with Gasteiger partial charge < -0.3 is 32.5 Å². The third-order valence-corrected chi connectivity index (χ3v) is 3.35. The number of carboxylic acid groups (broad SMARTS) is 1. The molecule has 1 saturated heterocycles. The number of nitrogens with zero attached hydrogens (tertiary/aromatic N) is 2. The van der Waals surface area contributed by atoms with E-state index in [1.165, 1.54) is 4.90 Å². The predicted molar refractivity (Wildman–Crippen MR) is 78.6 cm³/mol. The summed E-state index contributed by atoms with van der Waals surface area (Å²) in [4.78, 5) is 40.1. The standard InChI is InChI=1S/C12H22N6O4/c13-6-9(19)17-7(3-4-16-12(14)15)10(20)18-5-1-2-8(18)11(21)22/h7-8H,1-6,13H2,(H,17,19)(H,21,22)(H4,14,15,16). The van der Waals surface area contributed by atoms with Gasteiger partial charge in [0.2, 0.25) is 11.8 Å². The van der Waals surface area contributed by atoms with Crippen LogP contribution in [0.1, 0.15) is 19.3 Å². The van der Waals surface area contributed by atoms with Crippen LogP contribution in [0, 0.1) is 0 Å². The second kappa shape index (κ2) is 8.17. The van der Waals surface area contributed by atoms with Crippen molar-refractivity contribution in [1.82, 2.24) is 10.2 Å². The largest absolute Gasteiger partial charge is 0.480 e. The van der Waals surface area contributed by atoms with Crippen molar-refractivity contribution in [2.75, 3.05) is 19.6 Å². The highest BCUT2D eigenvalue weighted by molar-refractivity contribution is 5.91. The van der Waals surface area contributed by atoms with Crippen molar-refractivity contribution in [1.29, 1.82) is 0 Å². The van der Waals surface area contributed by atoms with E-state index in [2.05, 4.69) is 10.3 Å². The second-order valence-corrected chi connectivity index (χ2v) is 4.95. The van der Waals surface area contributed by atoms with E-state index in [0.717, 1.165) is 0 Å². The number of guanidine groups is 1. The highest BCUT2D eigenvalue weighted by Crippen LogP contribution is 2.19. The van der Waals surface area contributed by atoms with Crippen LogP contribution in [0.3, 0.4) is 0 Å². The van der Waals surface area contributed by atoms with Crippen LogP contribution in [-0.4, -0.2) is 65.5 Å². The Kier molecular flexibility index (Phi) is 6.57. The van der Waals surface area contributed by atoms with Gasteiger partial charge in [-0.15, -0.1) is 0 Å². The molecule has 0 aromatic rings. The van der Waals surface area contributed by atoms with Gasteiger partial charge in [0, 0.05) is 13.1 Å². The van der Waals surface area contributed by atoms with Crippen molar-refractivity contribution >= 4 is 23.7 Å². The molecule has 1 rings (SSSR count). The second-order valence-electron chi connectivity index (χ2n) is 4.95. The average Bonchev–Trinajstić information content (AvgIpc) is 2.94. The molecule has 2 unspecified atom stereocenters. The van der Waals surface area contributed by atoms with E-state index in [4.69, 9.17) is 22.3 Å². The SMILES string of the molecule is NCC(=O)NC(CCN=C(N)N)C(=O)N1CCCC1C(=O)O. The number of nitrogens with one attached hydrogen (secondary N) is 1. The first-order chi connectivity index (χ1) is 10.4. The zero-order valence-corrected chi connectivity index (χ0v) is 12.2. The molecule has 1 heterocycles. The minimum Gasteiger partial charge on any atom is -0.480 e. The Labute approximate surface area is 127 Å². The Morgan fingerprint density at radius 2 is 2.05 bits per heavy atom. The molecule has 124 valence electrons. The molecule has 1 aliphatic rings. The highest BCUT2D eigenvalue weighted by atomic mass is 16.4. The molecule has 0 radical (unpaired) electrons. The number of rotatable bonds is 7. The van der Waals surface area contributed by atoms with Gasteiger partial charge in [0.05, 0.1) is 6.54 Å². The number of hydrogen-bond donors (Lipinski definition) is 5. The number of aliphatic imine (C=N–C) groups is 1. The summed E-state index contributed by atoms with van der Waals surface area (Å²) in [7, 11) is 0. The topological polar surface area (TPSA) is 177 Å². The van der Waals surface area contributed by atoms with E-state index < -0.39 is 29.9 Å². The molecule has 0 aromatic heterocycles. The molecule has 0 bridgehead atoms.